The van der Waals surface area contributed by atoms with E-state index in [9.17, 15) is 0 Å². The van der Waals surface area contributed by atoms with Crippen molar-refractivity contribution >= 4 is 10.9 Å². The lowest BCUT2D eigenvalue weighted by Crippen LogP contribution is -2.02. The molecule has 18 heavy (non-hydrogen) atoms. The van der Waals surface area contributed by atoms with E-state index in [0.29, 0.717) is 24.7 Å². The molecule has 2 N–H and O–H groups in total. The number of pyridine rings is 1. The van der Waals surface area contributed by atoms with Gasteiger partial charge in [0.15, 0.2) is 0 Å². The van der Waals surface area contributed by atoms with Crippen LogP contribution in [-0.4, -0.2) is 21.7 Å². The number of hydrogen-bond donors (Lipinski definition) is 1. The second-order valence-corrected chi connectivity index (χ2v) is 3.96. The molecule has 0 unspecified atom stereocenters. The Morgan fingerprint density at radius 1 is 1.22 bits per heavy atom. The summed E-state index contributed by atoms with van der Waals surface area (Å²) in [4.78, 5) is 8.57. The summed E-state index contributed by atoms with van der Waals surface area (Å²) < 4.78 is 5.11. The largest absolute Gasteiger partial charge is 0.339 e. The Morgan fingerprint density at radius 3 is 3.06 bits per heavy atom. The summed E-state index contributed by atoms with van der Waals surface area (Å²) >= 11 is 0. The number of hydrogen-bond acceptors (Lipinski definition) is 5. The SMILES string of the molecule is NCCc1nc(-c2ccc3ncccc3c2)no1. The van der Waals surface area contributed by atoms with Gasteiger partial charge in [0.25, 0.3) is 0 Å². The molecule has 3 aromatic rings. The van der Waals surface area contributed by atoms with Gasteiger partial charge in [-0.25, -0.2) is 0 Å². The Balaban J connectivity index is 2.02. The zero-order chi connectivity index (χ0) is 12.4. The molecule has 0 radical (unpaired) electrons. The molecule has 1 aromatic carbocycles. The first-order valence-corrected chi connectivity index (χ1v) is 5.74. The van der Waals surface area contributed by atoms with Gasteiger partial charge in [-0.3, -0.25) is 4.98 Å². The Hall–Kier alpha value is -2.27. The standard InChI is InChI=1S/C13H12N4O/c14-6-5-12-16-13(17-18-12)10-3-4-11-9(8-10)2-1-7-15-11/h1-4,7-8H,5-6,14H2. The third-order valence-electron chi connectivity index (χ3n) is 2.69. The predicted octanol–water partition coefficient (Wildman–Crippen LogP) is 1.79. The summed E-state index contributed by atoms with van der Waals surface area (Å²) in [5.41, 5.74) is 7.32. The molecular formula is C13H12N4O. The van der Waals surface area contributed by atoms with E-state index in [-0.39, 0.29) is 0 Å². The lowest BCUT2D eigenvalue weighted by atomic mass is 10.1. The Morgan fingerprint density at radius 2 is 2.17 bits per heavy atom. The molecule has 5 heteroatoms. The second-order valence-electron chi connectivity index (χ2n) is 3.96. The molecule has 0 saturated heterocycles. The van der Waals surface area contributed by atoms with Crippen molar-refractivity contribution in [3.05, 3.63) is 42.4 Å². The first kappa shape index (κ1) is 10.9. The molecule has 0 aliphatic heterocycles. The maximum atomic E-state index is 5.45. The molecule has 0 fully saturated rings. The van der Waals surface area contributed by atoms with Crippen LogP contribution in [0.3, 0.4) is 0 Å². The number of nitrogens with two attached hydrogens (primary N) is 1. The molecular weight excluding hydrogens is 228 g/mol. The molecule has 0 saturated carbocycles. The van der Waals surface area contributed by atoms with Crippen LogP contribution in [0.2, 0.25) is 0 Å². The van der Waals surface area contributed by atoms with Gasteiger partial charge in [-0.05, 0) is 24.3 Å². The van der Waals surface area contributed by atoms with Crippen LogP contribution in [0.1, 0.15) is 5.89 Å². The summed E-state index contributed by atoms with van der Waals surface area (Å²) in [5, 5.41) is 5.01. The fourth-order valence-corrected chi connectivity index (χ4v) is 1.81. The number of aromatic nitrogens is 3. The monoisotopic (exact) mass is 240 g/mol. The van der Waals surface area contributed by atoms with E-state index in [0.717, 1.165) is 16.5 Å². The minimum atomic E-state index is 0.503. The molecule has 0 aliphatic rings. The van der Waals surface area contributed by atoms with Crippen molar-refractivity contribution in [1.29, 1.82) is 0 Å². The minimum absolute atomic E-state index is 0.503. The van der Waals surface area contributed by atoms with E-state index in [1.54, 1.807) is 6.20 Å². The molecule has 3 rings (SSSR count). The van der Waals surface area contributed by atoms with Gasteiger partial charge in [0.2, 0.25) is 11.7 Å². The minimum Gasteiger partial charge on any atom is -0.339 e. The van der Waals surface area contributed by atoms with Gasteiger partial charge in [-0.15, -0.1) is 0 Å². The van der Waals surface area contributed by atoms with Gasteiger partial charge in [0.05, 0.1) is 5.52 Å². The zero-order valence-electron chi connectivity index (χ0n) is 9.71. The molecule has 0 bridgehead atoms. The van der Waals surface area contributed by atoms with Crippen molar-refractivity contribution in [2.75, 3.05) is 6.54 Å². The molecule has 2 heterocycles. The van der Waals surface area contributed by atoms with Crippen LogP contribution in [0.15, 0.2) is 41.1 Å². The molecule has 0 atom stereocenters. The van der Waals surface area contributed by atoms with Crippen LogP contribution in [0, 0.1) is 0 Å². The van der Waals surface area contributed by atoms with E-state index in [1.165, 1.54) is 0 Å². The fraction of sp³-hybridized carbons (Fsp3) is 0.154. The average Bonchev–Trinajstić information content (AvgIpc) is 2.87. The van der Waals surface area contributed by atoms with Gasteiger partial charge in [0, 0.05) is 30.1 Å². The normalized spacial score (nSPS) is 10.9. The molecule has 5 nitrogen and oxygen atoms in total. The Bertz CT molecular complexity index is 677. The third-order valence-corrected chi connectivity index (χ3v) is 2.69. The van der Waals surface area contributed by atoms with Crippen LogP contribution < -0.4 is 5.73 Å². The second kappa shape index (κ2) is 4.54. The molecule has 0 spiro atoms. The van der Waals surface area contributed by atoms with E-state index in [2.05, 4.69) is 15.1 Å². The highest BCUT2D eigenvalue weighted by Crippen LogP contribution is 2.21. The maximum Gasteiger partial charge on any atom is 0.228 e. The van der Waals surface area contributed by atoms with Gasteiger partial charge >= 0.3 is 0 Å². The molecule has 0 amide bonds. The topological polar surface area (TPSA) is 77.8 Å². The number of benzene rings is 1. The molecule has 90 valence electrons. The van der Waals surface area contributed by atoms with Crippen LogP contribution in [0.4, 0.5) is 0 Å². The first-order chi connectivity index (χ1) is 8.86. The van der Waals surface area contributed by atoms with Gasteiger partial charge in [-0.1, -0.05) is 11.2 Å². The fourth-order valence-electron chi connectivity index (χ4n) is 1.81. The highest BCUT2D eigenvalue weighted by molar-refractivity contribution is 5.82. The molecule has 0 aliphatic carbocycles. The van der Waals surface area contributed by atoms with Crippen molar-refractivity contribution in [1.82, 2.24) is 15.1 Å². The molecule has 2 aromatic heterocycles. The van der Waals surface area contributed by atoms with Gasteiger partial charge in [-0.2, -0.15) is 4.98 Å². The highest BCUT2D eigenvalue weighted by atomic mass is 16.5. The number of nitrogens with zero attached hydrogens (tertiary/aromatic N) is 3. The zero-order valence-corrected chi connectivity index (χ0v) is 9.71. The average molecular weight is 240 g/mol. The smallest absolute Gasteiger partial charge is 0.228 e. The van der Waals surface area contributed by atoms with E-state index < -0.39 is 0 Å². The number of rotatable bonds is 3. The number of fused-ring (bicyclic) bond motifs is 1. The van der Waals surface area contributed by atoms with Gasteiger partial charge in [0.1, 0.15) is 0 Å². The van der Waals surface area contributed by atoms with Crippen molar-refractivity contribution in [2.24, 2.45) is 5.73 Å². The highest BCUT2D eigenvalue weighted by Gasteiger charge is 2.08. The summed E-state index contributed by atoms with van der Waals surface area (Å²) in [5.74, 6) is 1.16. The van der Waals surface area contributed by atoms with Crippen molar-refractivity contribution in [3.63, 3.8) is 0 Å². The first-order valence-electron chi connectivity index (χ1n) is 5.74. The predicted molar refractivity (Wildman–Crippen MR) is 67.8 cm³/mol. The maximum absolute atomic E-state index is 5.45. The van der Waals surface area contributed by atoms with Crippen LogP contribution in [-0.2, 0) is 6.42 Å². The van der Waals surface area contributed by atoms with Crippen LogP contribution >= 0.6 is 0 Å². The van der Waals surface area contributed by atoms with Crippen molar-refractivity contribution in [2.45, 2.75) is 6.42 Å². The third kappa shape index (κ3) is 1.96. The summed E-state index contributed by atoms with van der Waals surface area (Å²) in [6.45, 7) is 0.503. The summed E-state index contributed by atoms with van der Waals surface area (Å²) in [6, 6.07) is 9.80. The lowest BCUT2D eigenvalue weighted by Gasteiger charge is -1.98. The summed E-state index contributed by atoms with van der Waals surface area (Å²) in [7, 11) is 0. The van der Waals surface area contributed by atoms with Crippen LogP contribution in [0.25, 0.3) is 22.3 Å². The Kier molecular flexibility index (Phi) is 2.74. The van der Waals surface area contributed by atoms with E-state index in [4.69, 9.17) is 10.3 Å². The summed E-state index contributed by atoms with van der Waals surface area (Å²) in [6.07, 6.45) is 2.37. The lowest BCUT2D eigenvalue weighted by molar-refractivity contribution is 0.380. The van der Waals surface area contributed by atoms with E-state index in [1.807, 2.05) is 30.3 Å². The van der Waals surface area contributed by atoms with Crippen LogP contribution in [0.5, 0.6) is 0 Å². The quantitative estimate of drug-likeness (QED) is 0.755. The van der Waals surface area contributed by atoms with E-state index >= 15 is 0 Å². The van der Waals surface area contributed by atoms with Crippen molar-refractivity contribution < 1.29 is 4.52 Å². The van der Waals surface area contributed by atoms with Gasteiger partial charge < -0.3 is 10.3 Å². The Labute approximate surface area is 104 Å². The van der Waals surface area contributed by atoms with Crippen molar-refractivity contribution in [3.8, 4) is 11.4 Å².